The van der Waals surface area contributed by atoms with E-state index in [9.17, 15) is 0 Å². The molecule has 0 atom stereocenters. The van der Waals surface area contributed by atoms with Crippen LogP contribution in [0.3, 0.4) is 0 Å². The van der Waals surface area contributed by atoms with Gasteiger partial charge in [-0.25, -0.2) is 4.98 Å². The molecule has 0 radical (unpaired) electrons. The van der Waals surface area contributed by atoms with Gasteiger partial charge in [-0.2, -0.15) is 0 Å². The Balaban J connectivity index is 1.13. The highest BCUT2D eigenvalue weighted by molar-refractivity contribution is 7.26. The fourth-order valence-corrected chi connectivity index (χ4v) is 8.37. The monoisotopic (exact) mass is 644 g/mol. The van der Waals surface area contributed by atoms with E-state index in [1.54, 1.807) is 0 Å². The summed E-state index contributed by atoms with van der Waals surface area (Å²) >= 11 is 1.82. The van der Waals surface area contributed by atoms with E-state index in [-0.39, 0.29) is 0 Å². The van der Waals surface area contributed by atoms with E-state index in [0.717, 1.165) is 55.6 Å². The van der Waals surface area contributed by atoms with Crippen molar-refractivity contribution >= 4 is 81.5 Å². The van der Waals surface area contributed by atoms with Gasteiger partial charge >= 0.3 is 0 Å². The van der Waals surface area contributed by atoms with Crippen molar-refractivity contribution in [2.75, 3.05) is 4.90 Å². The first-order valence-electron chi connectivity index (χ1n) is 16.5. The average molecular weight is 645 g/mol. The summed E-state index contributed by atoms with van der Waals surface area (Å²) in [5.41, 5.74) is 11.8. The third-order valence-corrected chi connectivity index (χ3v) is 10.6. The van der Waals surface area contributed by atoms with E-state index in [0.29, 0.717) is 0 Å². The van der Waals surface area contributed by atoms with Gasteiger partial charge in [0.25, 0.3) is 0 Å². The molecule has 0 aliphatic heterocycles. The van der Waals surface area contributed by atoms with Gasteiger partial charge in [-0.3, -0.25) is 0 Å². The Hall–Kier alpha value is -6.23. The predicted octanol–water partition coefficient (Wildman–Crippen LogP) is 13.3. The van der Waals surface area contributed by atoms with Crippen molar-refractivity contribution in [3.8, 4) is 22.3 Å². The second kappa shape index (κ2) is 11.2. The molecular formula is C45H28N2OS. The fourth-order valence-electron chi connectivity index (χ4n) is 7.14. The summed E-state index contributed by atoms with van der Waals surface area (Å²) in [6.45, 7) is 0. The summed E-state index contributed by atoms with van der Waals surface area (Å²) < 4.78 is 8.84. The zero-order chi connectivity index (χ0) is 32.3. The summed E-state index contributed by atoms with van der Waals surface area (Å²) in [7, 11) is 0. The van der Waals surface area contributed by atoms with E-state index in [1.807, 2.05) is 23.5 Å². The minimum Gasteiger partial charge on any atom is -0.456 e. The highest BCUT2D eigenvalue weighted by Gasteiger charge is 2.19. The first-order chi connectivity index (χ1) is 24.3. The average Bonchev–Trinajstić information content (AvgIpc) is 3.72. The number of aromatic nitrogens is 1. The SMILES string of the molecule is c1ccc(-c2ccccc2N(c2ccc(-c3cccc4c3sc3cc5ccccc5nc34)cc2)c2ccc3c(c2)oc2ccccc23)cc1. The van der Waals surface area contributed by atoms with Gasteiger partial charge in [-0.15, -0.1) is 11.3 Å². The Morgan fingerprint density at radius 3 is 2.10 bits per heavy atom. The Kier molecular flexibility index (Phi) is 6.36. The zero-order valence-electron chi connectivity index (χ0n) is 26.4. The van der Waals surface area contributed by atoms with Crippen LogP contribution >= 0.6 is 11.3 Å². The minimum atomic E-state index is 0.871. The van der Waals surface area contributed by atoms with Gasteiger partial charge in [0.15, 0.2) is 0 Å². The third kappa shape index (κ3) is 4.61. The van der Waals surface area contributed by atoms with Crippen molar-refractivity contribution in [2.24, 2.45) is 0 Å². The molecular weight excluding hydrogens is 617 g/mol. The zero-order valence-corrected chi connectivity index (χ0v) is 27.2. The summed E-state index contributed by atoms with van der Waals surface area (Å²) in [6, 6.07) is 60.2. The molecule has 10 rings (SSSR count). The Morgan fingerprint density at radius 2 is 1.18 bits per heavy atom. The van der Waals surface area contributed by atoms with E-state index < -0.39 is 0 Å². The van der Waals surface area contributed by atoms with Gasteiger partial charge in [0, 0.05) is 49.2 Å². The number of nitrogens with zero attached hydrogens (tertiary/aromatic N) is 2. The van der Waals surface area contributed by atoms with Crippen LogP contribution < -0.4 is 4.90 Å². The molecule has 0 aliphatic carbocycles. The normalized spacial score (nSPS) is 11.7. The second-order valence-electron chi connectivity index (χ2n) is 12.4. The number of hydrogen-bond donors (Lipinski definition) is 0. The minimum absolute atomic E-state index is 0.871. The number of benzene rings is 7. The standard InChI is InChI=1S/C45H28N2OS/c1-2-11-29(12-3-1)34-14-5-8-19-40(34)47(33-25-26-37-36-15-6-9-20-41(36)48-42(37)28-33)32-23-21-30(22-24-32)35-16-10-17-38-44-43(49-45(35)38)27-31-13-4-7-18-39(31)46-44/h1-28H. The molecule has 0 amide bonds. The van der Waals surface area contributed by atoms with Crippen LogP contribution in [0.5, 0.6) is 0 Å². The molecule has 3 heterocycles. The maximum atomic E-state index is 6.37. The maximum Gasteiger partial charge on any atom is 0.137 e. The van der Waals surface area contributed by atoms with Crippen LogP contribution in [0.2, 0.25) is 0 Å². The van der Waals surface area contributed by atoms with Crippen molar-refractivity contribution in [3.63, 3.8) is 0 Å². The number of pyridine rings is 1. The second-order valence-corrected chi connectivity index (χ2v) is 13.4. The summed E-state index contributed by atoms with van der Waals surface area (Å²) in [4.78, 5) is 7.41. The number of hydrogen-bond acceptors (Lipinski definition) is 4. The summed E-state index contributed by atoms with van der Waals surface area (Å²) in [6.07, 6.45) is 0. The summed E-state index contributed by atoms with van der Waals surface area (Å²) in [5.74, 6) is 0. The smallest absolute Gasteiger partial charge is 0.137 e. The van der Waals surface area contributed by atoms with Gasteiger partial charge < -0.3 is 9.32 Å². The number of thiophene rings is 1. The van der Waals surface area contributed by atoms with Crippen LogP contribution in [-0.4, -0.2) is 4.98 Å². The molecule has 7 aromatic carbocycles. The molecule has 0 N–H and O–H groups in total. The molecule has 3 nitrogen and oxygen atoms in total. The van der Waals surface area contributed by atoms with E-state index >= 15 is 0 Å². The maximum absolute atomic E-state index is 6.37. The highest BCUT2D eigenvalue weighted by Crippen LogP contribution is 2.44. The topological polar surface area (TPSA) is 29.3 Å². The van der Waals surface area contributed by atoms with Crippen LogP contribution in [-0.2, 0) is 0 Å². The van der Waals surface area contributed by atoms with E-state index in [4.69, 9.17) is 9.40 Å². The first kappa shape index (κ1) is 27.8. The quantitative estimate of drug-likeness (QED) is 0.187. The van der Waals surface area contributed by atoms with Crippen molar-refractivity contribution in [2.45, 2.75) is 0 Å². The Labute approximate surface area is 286 Å². The van der Waals surface area contributed by atoms with Gasteiger partial charge in [0.1, 0.15) is 11.2 Å². The molecule has 0 fully saturated rings. The van der Waals surface area contributed by atoms with Crippen LogP contribution in [0, 0.1) is 0 Å². The predicted molar refractivity (Wildman–Crippen MR) is 207 cm³/mol. The first-order valence-corrected chi connectivity index (χ1v) is 17.3. The van der Waals surface area contributed by atoms with Gasteiger partial charge in [-0.1, -0.05) is 115 Å². The van der Waals surface area contributed by atoms with Gasteiger partial charge in [0.05, 0.1) is 21.4 Å². The molecule has 0 spiro atoms. The fraction of sp³-hybridized carbons (Fsp3) is 0. The number of para-hydroxylation sites is 3. The lowest BCUT2D eigenvalue weighted by Gasteiger charge is -2.28. The highest BCUT2D eigenvalue weighted by atomic mass is 32.1. The number of rotatable bonds is 5. The van der Waals surface area contributed by atoms with Crippen molar-refractivity contribution < 1.29 is 4.42 Å². The molecule has 0 saturated carbocycles. The third-order valence-electron chi connectivity index (χ3n) is 9.46. The number of fused-ring (bicyclic) bond motifs is 7. The van der Waals surface area contributed by atoms with E-state index in [2.05, 4.69) is 163 Å². The largest absolute Gasteiger partial charge is 0.456 e. The lowest BCUT2D eigenvalue weighted by molar-refractivity contribution is 0.669. The Bertz CT molecular complexity index is 2830. The molecule has 10 aromatic rings. The van der Waals surface area contributed by atoms with Gasteiger partial charge in [-0.05, 0) is 65.2 Å². The Morgan fingerprint density at radius 1 is 0.490 bits per heavy atom. The van der Waals surface area contributed by atoms with Crippen LogP contribution in [0.4, 0.5) is 17.1 Å². The van der Waals surface area contributed by atoms with E-state index in [1.165, 1.54) is 36.9 Å². The molecule has 0 bridgehead atoms. The molecule has 0 unspecified atom stereocenters. The van der Waals surface area contributed by atoms with Crippen molar-refractivity contribution in [3.05, 3.63) is 170 Å². The molecule has 230 valence electrons. The lowest BCUT2D eigenvalue weighted by atomic mass is 10.0. The van der Waals surface area contributed by atoms with Gasteiger partial charge in [0.2, 0.25) is 0 Å². The molecule has 4 heteroatoms. The molecule has 3 aromatic heterocycles. The molecule has 0 aliphatic rings. The number of anilines is 3. The van der Waals surface area contributed by atoms with Crippen LogP contribution in [0.15, 0.2) is 174 Å². The number of furan rings is 1. The van der Waals surface area contributed by atoms with Crippen molar-refractivity contribution in [1.29, 1.82) is 0 Å². The lowest BCUT2D eigenvalue weighted by Crippen LogP contribution is -2.11. The summed E-state index contributed by atoms with van der Waals surface area (Å²) in [5, 5.41) is 4.61. The van der Waals surface area contributed by atoms with Crippen LogP contribution in [0.25, 0.3) is 75.4 Å². The molecule has 49 heavy (non-hydrogen) atoms. The van der Waals surface area contributed by atoms with Crippen molar-refractivity contribution in [1.82, 2.24) is 4.98 Å². The van der Waals surface area contributed by atoms with Crippen LogP contribution in [0.1, 0.15) is 0 Å². The molecule has 0 saturated heterocycles.